The van der Waals surface area contributed by atoms with Gasteiger partial charge in [0.2, 0.25) is 5.82 Å². The third-order valence-electron chi connectivity index (χ3n) is 7.69. The number of likely N-dealkylation sites (N-methyl/N-ethyl adjacent to an activating group) is 1. The van der Waals surface area contributed by atoms with Crippen LogP contribution in [-0.2, 0) is 30.7 Å². The van der Waals surface area contributed by atoms with Crippen molar-refractivity contribution in [1.29, 1.82) is 0 Å². The number of rotatable bonds is 13. The smallest absolute Gasteiger partial charge is 0.280 e. The van der Waals surface area contributed by atoms with E-state index in [1.54, 1.807) is 55.6 Å². The van der Waals surface area contributed by atoms with Crippen molar-refractivity contribution in [2.75, 3.05) is 34.5 Å². The van der Waals surface area contributed by atoms with Crippen LogP contribution in [0.1, 0.15) is 35.2 Å². The maximum absolute atomic E-state index is 15.1. The summed E-state index contributed by atoms with van der Waals surface area (Å²) in [4.78, 5) is 34.6. The molecule has 0 unspecified atom stereocenters. The number of nitrogens with one attached hydrogen (secondary N) is 1. The molecule has 0 saturated heterocycles. The number of aryl methyl sites for hydroxylation is 2. The third-order valence-corrected chi connectivity index (χ3v) is 8.00. The molecule has 14 nitrogen and oxygen atoms in total. The number of carbonyl (C=O) groups is 1. The third kappa shape index (κ3) is 11.4. The summed E-state index contributed by atoms with van der Waals surface area (Å²) in [5.74, 6) is -0.566. The van der Waals surface area contributed by atoms with Gasteiger partial charge in [0, 0.05) is 12.6 Å². The zero-order valence-corrected chi connectivity index (χ0v) is 31.9. The van der Waals surface area contributed by atoms with E-state index in [4.69, 9.17) is 45.1 Å². The number of carbonyl (C=O) groups excluding carboxylic acids is 1. The summed E-state index contributed by atoms with van der Waals surface area (Å²) in [6.07, 6.45) is 1.11. The van der Waals surface area contributed by atoms with E-state index in [9.17, 15) is 4.79 Å². The van der Waals surface area contributed by atoms with E-state index >= 15 is 4.39 Å². The van der Waals surface area contributed by atoms with E-state index in [0.29, 0.717) is 29.4 Å². The summed E-state index contributed by atoms with van der Waals surface area (Å²) in [5, 5.41) is 14.6. The topological polar surface area (TPSA) is 157 Å². The molecule has 0 atom stereocenters. The summed E-state index contributed by atoms with van der Waals surface area (Å²) in [6, 6.07) is 26.9. The number of para-hydroxylation sites is 2. The number of aromatic nitrogens is 2. The Bertz CT molecular complexity index is 2240. The van der Waals surface area contributed by atoms with Crippen LogP contribution < -0.4 is 19.5 Å². The molecule has 1 amide bonds. The fraction of sp³-hybridized carbons (Fsp3) is 0.220. The summed E-state index contributed by atoms with van der Waals surface area (Å²) in [5.41, 5.74) is 4.57. The standard InChI is InChI=1S/C21H16ClFN4O5.C19H22N2O3.CH4/c1-28-26-18(21-27-30-11-10-29-21)13-6-2-4-8-15(13)31-19-17(23)20(25-12-24-19)32-16-9-5-3-7-14(16)22;1-13-9-10-14(2)17(11-13)24-12-15-7-5-6-8-16(15)18(21-23-4)19(22)20-3;/h2-9,12H,10-11H2,1H3;5-11H,12H2,1-4H3,(H,20,22);1H4/b;21-18+;. The zero-order chi connectivity index (χ0) is 39.9. The highest BCUT2D eigenvalue weighted by molar-refractivity contribution is 6.46. The van der Waals surface area contributed by atoms with Crippen molar-refractivity contribution in [2.24, 2.45) is 15.5 Å². The van der Waals surface area contributed by atoms with Crippen molar-refractivity contribution in [3.63, 3.8) is 0 Å². The first-order valence-corrected chi connectivity index (χ1v) is 17.4. The highest BCUT2D eigenvalue weighted by atomic mass is 35.5. The van der Waals surface area contributed by atoms with E-state index in [0.717, 1.165) is 28.8 Å². The van der Waals surface area contributed by atoms with Crippen molar-refractivity contribution in [3.05, 3.63) is 136 Å². The molecule has 1 aromatic heterocycles. The summed E-state index contributed by atoms with van der Waals surface area (Å²) in [7, 11) is 4.34. The van der Waals surface area contributed by atoms with Gasteiger partial charge in [-0.05, 0) is 66.0 Å². The Morgan fingerprint density at radius 2 is 1.49 bits per heavy atom. The maximum Gasteiger partial charge on any atom is 0.280 e. The van der Waals surface area contributed by atoms with Gasteiger partial charge >= 0.3 is 0 Å². The largest absolute Gasteiger partial charge is 0.489 e. The number of oxime groups is 3. The van der Waals surface area contributed by atoms with Gasteiger partial charge in [0.1, 0.15) is 51.0 Å². The van der Waals surface area contributed by atoms with Gasteiger partial charge in [-0.3, -0.25) is 4.79 Å². The van der Waals surface area contributed by atoms with Gasteiger partial charge in [0.05, 0.1) is 10.6 Å². The molecule has 0 radical (unpaired) electrons. The molecular formula is C41H42ClFN6O8. The quantitative estimate of drug-likeness (QED) is 0.0910. The average Bonchev–Trinajstić information content (AvgIpc) is 3.22. The molecule has 2 heterocycles. The van der Waals surface area contributed by atoms with Gasteiger partial charge in [-0.25, -0.2) is 0 Å². The summed E-state index contributed by atoms with van der Waals surface area (Å²) >= 11 is 6.07. The van der Waals surface area contributed by atoms with Gasteiger partial charge in [0.25, 0.3) is 23.6 Å². The second kappa shape index (κ2) is 21.4. The van der Waals surface area contributed by atoms with Crippen LogP contribution in [0.25, 0.3) is 0 Å². The van der Waals surface area contributed by atoms with Crippen molar-refractivity contribution in [1.82, 2.24) is 15.3 Å². The van der Waals surface area contributed by atoms with Gasteiger partial charge < -0.3 is 38.8 Å². The number of amides is 1. The summed E-state index contributed by atoms with van der Waals surface area (Å²) in [6.45, 7) is 4.95. The van der Waals surface area contributed by atoms with Gasteiger partial charge in [-0.15, -0.1) is 0 Å². The number of ether oxygens (including phenoxy) is 4. The second-order valence-electron chi connectivity index (χ2n) is 11.5. The lowest BCUT2D eigenvalue weighted by atomic mass is 10.0. The Morgan fingerprint density at radius 3 is 2.16 bits per heavy atom. The van der Waals surface area contributed by atoms with E-state index < -0.39 is 5.82 Å². The zero-order valence-electron chi connectivity index (χ0n) is 31.1. The van der Waals surface area contributed by atoms with E-state index in [1.165, 1.54) is 14.2 Å². The highest BCUT2D eigenvalue weighted by Crippen LogP contribution is 2.34. The van der Waals surface area contributed by atoms with Crippen molar-refractivity contribution in [3.8, 4) is 29.0 Å². The van der Waals surface area contributed by atoms with Crippen molar-refractivity contribution >= 4 is 34.8 Å². The lowest BCUT2D eigenvalue weighted by Crippen LogP contribution is -2.29. The van der Waals surface area contributed by atoms with Crippen LogP contribution in [0, 0.1) is 19.7 Å². The Hall–Kier alpha value is -6.74. The first-order chi connectivity index (χ1) is 27.2. The Balaban J connectivity index is 0.000000259. The van der Waals surface area contributed by atoms with Gasteiger partial charge in [-0.1, -0.05) is 90.0 Å². The Labute approximate surface area is 334 Å². The molecule has 4 aromatic carbocycles. The van der Waals surface area contributed by atoms with Crippen LogP contribution >= 0.6 is 11.6 Å². The number of benzene rings is 4. The lowest BCUT2D eigenvalue weighted by Gasteiger charge is -2.17. The molecule has 5 aromatic rings. The first-order valence-electron chi connectivity index (χ1n) is 17.0. The Morgan fingerprint density at radius 1 is 0.842 bits per heavy atom. The number of nitrogens with zero attached hydrogens (tertiary/aromatic N) is 5. The second-order valence-corrected chi connectivity index (χ2v) is 12.0. The Kier molecular flexibility index (Phi) is 16.1. The molecule has 0 saturated carbocycles. The molecule has 6 rings (SSSR count). The lowest BCUT2D eigenvalue weighted by molar-refractivity contribution is -0.114. The minimum atomic E-state index is -0.915. The van der Waals surface area contributed by atoms with Crippen LogP contribution in [-0.4, -0.2) is 67.7 Å². The molecule has 16 heteroatoms. The minimum Gasteiger partial charge on any atom is -0.489 e. The van der Waals surface area contributed by atoms with Crippen molar-refractivity contribution in [2.45, 2.75) is 27.9 Å². The molecule has 0 fully saturated rings. The van der Waals surface area contributed by atoms with Gasteiger partial charge in [-0.2, -0.15) is 14.4 Å². The first kappa shape index (κ1) is 43.0. The van der Waals surface area contributed by atoms with E-state index in [2.05, 4.69) is 30.8 Å². The monoisotopic (exact) mass is 800 g/mol. The van der Waals surface area contributed by atoms with Crippen LogP contribution in [0.4, 0.5) is 4.39 Å². The van der Waals surface area contributed by atoms with Crippen LogP contribution in [0.15, 0.2) is 113 Å². The maximum atomic E-state index is 15.1. The average molecular weight is 801 g/mol. The molecular weight excluding hydrogens is 759 g/mol. The highest BCUT2D eigenvalue weighted by Gasteiger charge is 2.24. The molecule has 57 heavy (non-hydrogen) atoms. The number of hydrogen-bond acceptors (Lipinski definition) is 13. The minimum absolute atomic E-state index is 0. The predicted octanol–water partition coefficient (Wildman–Crippen LogP) is 8.18. The van der Waals surface area contributed by atoms with Crippen molar-refractivity contribution < 1.29 is 42.6 Å². The molecule has 0 aliphatic carbocycles. The molecule has 0 spiro atoms. The van der Waals surface area contributed by atoms with E-state index in [1.807, 2.05) is 56.3 Å². The van der Waals surface area contributed by atoms with Gasteiger partial charge in [0.15, 0.2) is 18.0 Å². The molecule has 1 aliphatic heterocycles. The molecule has 298 valence electrons. The number of halogens is 2. The molecule has 1 N–H and O–H groups in total. The number of hydrogen-bond donors (Lipinski definition) is 1. The fourth-order valence-electron chi connectivity index (χ4n) is 5.00. The normalized spacial score (nSPS) is 12.2. The predicted molar refractivity (Wildman–Crippen MR) is 214 cm³/mol. The SMILES string of the molecule is C.CNC(=O)/C(=N/OC)c1ccccc1COc1cc(C)ccc1C.CON=C(C1=NOCCO1)c1ccccc1Oc1ncnc(Oc2ccccc2Cl)c1F. The fourth-order valence-corrected chi connectivity index (χ4v) is 5.17. The van der Waals surface area contributed by atoms with Crippen LogP contribution in [0.2, 0.25) is 5.02 Å². The molecule has 1 aliphatic rings. The summed E-state index contributed by atoms with van der Waals surface area (Å²) < 4.78 is 37.8. The van der Waals surface area contributed by atoms with E-state index in [-0.39, 0.29) is 60.5 Å². The molecule has 0 bridgehead atoms. The van der Waals surface area contributed by atoms with Crippen LogP contribution in [0.5, 0.6) is 29.0 Å². The van der Waals surface area contributed by atoms with Crippen LogP contribution in [0.3, 0.4) is 0 Å².